The molecule has 0 aromatic carbocycles. The molecule has 0 unspecified atom stereocenters. The molecule has 1 saturated carbocycles. The van der Waals surface area contributed by atoms with E-state index in [1.54, 1.807) is 0 Å². The van der Waals surface area contributed by atoms with Crippen LogP contribution in [0.3, 0.4) is 0 Å². The first kappa shape index (κ1) is 17.4. The summed E-state index contributed by atoms with van der Waals surface area (Å²) in [6, 6.07) is 2.23. The minimum absolute atomic E-state index is 0.0625. The summed E-state index contributed by atoms with van der Waals surface area (Å²) in [6.45, 7) is 7.66. The van der Waals surface area contributed by atoms with Crippen LogP contribution in [-0.4, -0.2) is 57.0 Å². The third-order valence-electron chi connectivity index (χ3n) is 5.23. The summed E-state index contributed by atoms with van der Waals surface area (Å²) in [5.41, 5.74) is 2.23. The van der Waals surface area contributed by atoms with Crippen LogP contribution in [0.25, 0.3) is 0 Å². The van der Waals surface area contributed by atoms with Crippen molar-refractivity contribution in [3.8, 4) is 0 Å². The maximum absolute atomic E-state index is 6.14. The van der Waals surface area contributed by atoms with E-state index >= 15 is 0 Å². The standard InChI is InChI=1S/C19H28N6O/c1-4-25-7-8-26-16(18(25)15-10-21-24(3)12-15)11-20-17-9-13(2)22-19(23-17)14-5-6-14/h9-10,12,14,16,18H,4-8,11H2,1-3H3,(H,20,22,23)/t16-,18-/m0/s1. The average Bonchev–Trinajstić information content (AvgIpc) is 3.40. The van der Waals surface area contributed by atoms with Gasteiger partial charge >= 0.3 is 0 Å². The number of likely N-dealkylation sites (N-methyl/N-ethyl adjacent to an activating group) is 1. The molecule has 2 aromatic rings. The Morgan fingerprint density at radius 3 is 2.85 bits per heavy atom. The number of morpholine rings is 1. The van der Waals surface area contributed by atoms with Crippen LogP contribution in [0, 0.1) is 6.92 Å². The Morgan fingerprint density at radius 1 is 1.31 bits per heavy atom. The molecule has 7 heteroatoms. The van der Waals surface area contributed by atoms with E-state index in [-0.39, 0.29) is 12.1 Å². The Kier molecular flexibility index (Phi) is 4.91. The number of rotatable bonds is 6. The van der Waals surface area contributed by atoms with Crippen LogP contribution in [0.1, 0.15) is 48.8 Å². The topological polar surface area (TPSA) is 68.1 Å². The van der Waals surface area contributed by atoms with Gasteiger partial charge in [0, 0.05) is 49.6 Å². The Morgan fingerprint density at radius 2 is 2.15 bits per heavy atom. The summed E-state index contributed by atoms with van der Waals surface area (Å²) in [5.74, 6) is 2.44. The number of nitrogens with zero attached hydrogens (tertiary/aromatic N) is 5. The fraction of sp³-hybridized carbons (Fsp3) is 0.632. The minimum Gasteiger partial charge on any atom is -0.373 e. The van der Waals surface area contributed by atoms with Crippen molar-refractivity contribution >= 4 is 5.82 Å². The number of aryl methyl sites for hydroxylation is 2. The largest absolute Gasteiger partial charge is 0.373 e. The van der Waals surface area contributed by atoms with Crippen molar-refractivity contribution in [3.05, 3.63) is 35.5 Å². The van der Waals surface area contributed by atoms with E-state index in [0.717, 1.165) is 43.6 Å². The quantitative estimate of drug-likeness (QED) is 0.856. The van der Waals surface area contributed by atoms with Gasteiger partial charge in [0.15, 0.2) is 0 Å². The molecule has 1 saturated heterocycles. The summed E-state index contributed by atoms with van der Waals surface area (Å²) >= 11 is 0. The molecule has 0 spiro atoms. The van der Waals surface area contributed by atoms with Gasteiger partial charge in [0.25, 0.3) is 0 Å². The van der Waals surface area contributed by atoms with Crippen LogP contribution in [0.5, 0.6) is 0 Å². The zero-order valence-corrected chi connectivity index (χ0v) is 15.9. The van der Waals surface area contributed by atoms with Gasteiger partial charge in [-0.3, -0.25) is 9.58 Å². The number of anilines is 1. The van der Waals surface area contributed by atoms with E-state index in [2.05, 4.69) is 33.4 Å². The van der Waals surface area contributed by atoms with Crippen LogP contribution in [0.2, 0.25) is 0 Å². The summed E-state index contributed by atoms with van der Waals surface area (Å²) in [5, 5.41) is 7.86. The molecular weight excluding hydrogens is 328 g/mol. The summed E-state index contributed by atoms with van der Waals surface area (Å²) in [4.78, 5) is 11.8. The molecule has 26 heavy (non-hydrogen) atoms. The second-order valence-corrected chi connectivity index (χ2v) is 7.34. The first-order valence-corrected chi connectivity index (χ1v) is 9.57. The molecular formula is C19H28N6O. The molecule has 4 rings (SSSR count). The zero-order valence-electron chi connectivity index (χ0n) is 15.9. The Hall–Kier alpha value is -1.99. The van der Waals surface area contributed by atoms with Gasteiger partial charge < -0.3 is 10.1 Å². The fourth-order valence-electron chi connectivity index (χ4n) is 3.74. The molecule has 2 fully saturated rings. The van der Waals surface area contributed by atoms with Gasteiger partial charge in [-0.25, -0.2) is 9.97 Å². The van der Waals surface area contributed by atoms with Crippen molar-refractivity contribution in [1.82, 2.24) is 24.6 Å². The maximum Gasteiger partial charge on any atom is 0.134 e. The number of hydrogen-bond donors (Lipinski definition) is 1. The van der Waals surface area contributed by atoms with Gasteiger partial charge in [0.2, 0.25) is 0 Å². The van der Waals surface area contributed by atoms with Gasteiger partial charge in [-0.05, 0) is 26.3 Å². The van der Waals surface area contributed by atoms with E-state index in [1.165, 1.54) is 18.4 Å². The molecule has 3 heterocycles. The lowest BCUT2D eigenvalue weighted by Crippen LogP contribution is -2.47. The van der Waals surface area contributed by atoms with Crippen LogP contribution in [-0.2, 0) is 11.8 Å². The van der Waals surface area contributed by atoms with Gasteiger partial charge in [-0.2, -0.15) is 5.10 Å². The molecule has 0 bridgehead atoms. The van der Waals surface area contributed by atoms with E-state index in [1.807, 2.05) is 30.9 Å². The molecule has 2 atom stereocenters. The number of ether oxygens (including phenoxy) is 1. The van der Waals surface area contributed by atoms with Crippen LogP contribution in [0.4, 0.5) is 5.82 Å². The van der Waals surface area contributed by atoms with E-state index in [9.17, 15) is 0 Å². The maximum atomic E-state index is 6.14. The minimum atomic E-state index is 0.0625. The lowest BCUT2D eigenvalue weighted by atomic mass is 10.0. The monoisotopic (exact) mass is 356 g/mol. The second kappa shape index (κ2) is 7.32. The van der Waals surface area contributed by atoms with E-state index < -0.39 is 0 Å². The molecule has 7 nitrogen and oxygen atoms in total. The van der Waals surface area contributed by atoms with Crippen molar-refractivity contribution in [2.24, 2.45) is 7.05 Å². The molecule has 1 N–H and O–H groups in total. The molecule has 0 amide bonds. The SMILES string of the molecule is CCN1CCO[C@@H](CNc2cc(C)nc(C3CC3)n2)[C@@H]1c1cnn(C)c1. The molecule has 2 aromatic heterocycles. The van der Waals surface area contributed by atoms with Gasteiger partial charge in [0.05, 0.1) is 24.9 Å². The molecule has 2 aliphatic rings. The highest BCUT2D eigenvalue weighted by molar-refractivity contribution is 5.37. The second-order valence-electron chi connectivity index (χ2n) is 7.34. The van der Waals surface area contributed by atoms with E-state index in [4.69, 9.17) is 9.72 Å². The summed E-state index contributed by atoms with van der Waals surface area (Å²) in [6.07, 6.45) is 6.53. The molecule has 1 aliphatic carbocycles. The van der Waals surface area contributed by atoms with Crippen molar-refractivity contribution in [2.45, 2.75) is 44.8 Å². The fourth-order valence-corrected chi connectivity index (χ4v) is 3.74. The van der Waals surface area contributed by atoms with E-state index in [0.29, 0.717) is 5.92 Å². The van der Waals surface area contributed by atoms with Crippen molar-refractivity contribution in [1.29, 1.82) is 0 Å². The number of nitrogens with one attached hydrogen (secondary N) is 1. The zero-order chi connectivity index (χ0) is 18.1. The predicted octanol–water partition coefficient (Wildman–Crippen LogP) is 2.27. The highest BCUT2D eigenvalue weighted by Gasteiger charge is 2.33. The Labute approximate surface area is 154 Å². The third-order valence-corrected chi connectivity index (χ3v) is 5.23. The lowest BCUT2D eigenvalue weighted by Gasteiger charge is -2.40. The van der Waals surface area contributed by atoms with Gasteiger partial charge in [-0.1, -0.05) is 6.92 Å². The number of hydrogen-bond acceptors (Lipinski definition) is 6. The van der Waals surface area contributed by atoms with Crippen LogP contribution < -0.4 is 5.32 Å². The van der Waals surface area contributed by atoms with Crippen molar-refractivity contribution in [2.75, 3.05) is 31.6 Å². The predicted molar refractivity (Wildman–Crippen MR) is 100 cm³/mol. The van der Waals surface area contributed by atoms with Crippen LogP contribution >= 0.6 is 0 Å². The average molecular weight is 356 g/mol. The normalized spacial score (nSPS) is 24.0. The van der Waals surface area contributed by atoms with Crippen molar-refractivity contribution < 1.29 is 4.74 Å². The third kappa shape index (κ3) is 3.73. The highest BCUT2D eigenvalue weighted by Crippen LogP contribution is 2.38. The first-order chi connectivity index (χ1) is 12.6. The number of aromatic nitrogens is 4. The molecule has 1 aliphatic heterocycles. The van der Waals surface area contributed by atoms with Gasteiger partial charge in [-0.15, -0.1) is 0 Å². The Balaban J connectivity index is 1.50. The summed E-state index contributed by atoms with van der Waals surface area (Å²) in [7, 11) is 1.96. The smallest absolute Gasteiger partial charge is 0.134 e. The Bertz CT molecular complexity index is 756. The summed E-state index contributed by atoms with van der Waals surface area (Å²) < 4.78 is 8.00. The van der Waals surface area contributed by atoms with Crippen LogP contribution in [0.15, 0.2) is 18.5 Å². The molecule has 0 radical (unpaired) electrons. The van der Waals surface area contributed by atoms with Gasteiger partial charge in [0.1, 0.15) is 11.6 Å². The highest BCUT2D eigenvalue weighted by atomic mass is 16.5. The lowest BCUT2D eigenvalue weighted by molar-refractivity contribution is -0.0639. The van der Waals surface area contributed by atoms with Crippen molar-refractivity contribution in [3.63, 3.8) is 0 Å². The first-order valence-electron chi connectivity index (χ1n) is 9.57. The molecule has 140 valence electrons.